The summed E-state index contributed by atoms with van der Waals surface area (Å²) >= 11 is 0. The minimum atomic E-state index is -3.41. The van der Waals surface area contributed by atoms with Crippen molar-refractivity contribution >= 4 is 21.1 Å². The number of benzene rings is 2. The fraction of sp³-hybridized carbons (Fsp3) is 0.316. The predicted octanol–water partition coefficient (Wildman–Crippen LogP) is 3.30. The van der Waals surface area contributed by atoms with Crippen LogP contribution in [0.5, 0.6) is 0 Å². The van der Waals surface area contributed by atoms with E-state index >= 15 is 0 Å². The van der Waals surface area contributed by atoms with E-state index in [9.17, 15) is 8.42 Å². The number of aryl methyl sites for hydroxylation is 1. The Labute approximate surface area is 147 Å². The Morgan fingerprint density at radius 2 is 1.84 bits per heavy atom. The van der Waals surface area contributed by atoms with Crippen molar-refractivity contribution in [2.24, 2.45) is 0 Å². The van der Waals surface area contributed by atoms with Crippen LogP contribution in [0.2, 0.25) is 0 Å². The first-order valence-corrected chi connectivity index (χ1v) is 10.1. The molecular formula is C19H21N3O2S. The van der Waals surface area contributed by atoms with Crippen molar-refractivity contribution in [3.63, 3.8) is 0 Å². The minimum absolute atomic E-state index is 0.126. The van der Waals surface area contributed by atoms with Gasteiger partial charge < -0.3 is 4.98 Å². The molecule has 6 heteroatoms. The number of aromatic amines is 1. The molecule has 2 heterocycles. The SMILES string of the molecule is CCCc1ccc(S(=O)(=O)N2CC(c3nc4ccccc4[nH]3)C2)cc1. The zero-order valence-corrected chi connectivity index (χ0v) is 15.0. The third-order valence-electron chi connectivity index (χ3n) is 4.74. The molecule has 1 aliphatic rings. The van der Waals surface area contributed by atoms with Crippen LogP contribution in [0.4, 0.5) is 0 Å². The van der Waals surface area contributed by atoms with E-state index in [1.807, 2.05) is 36.4 Å². The molecule has 4 rings (SSSR count). The summed E-state index contributed by atoms with van der Waals surface area (Å²) in [6.45, 7) is 3.06. The number of nitrogens with zero attached hydrogens (tertiary/aromatic N) is 2. The highest BCUT2D eigenvalue weighted by Crippen LogP contribution is 2.31. The first-order valence-electron chi connectivity index (χ1n) is 8.61. The van der Waals surface area contributed by atoms with Gasteiger partial charge in [-0.05, 0) is 36.2 Å². The van der Waals surface area contributed by atoms with Crippen molar-refractivity contribution in [1.29, 1.82) is 0 Å². The molecule has 130 valence electrons. The van der Waals surface area contributed by atoms with Crippen molar-refractivity contribution in [1.82, 2.24) is 14.3 Å². The lowest BCUT2D eigenvalue weighted by Gasteiger charge is -2.36. The van der Waals surface area contributed by atoms with E-state index in [0.717, 1.165) is 29.7 Å². The largest absolute Gasteiger partial charge is 0.342 e. The van der Waals surface area contributed by atoms with Crippen molar-refractivity contribution in [2.75, 3.05) is 13.1 Å². The second-order valence-electron chi connectivity index (χ2n) is 6.55. The number of hydrogen-bond acceptors (Lipinski definition) is 3. The maximum Gasteiger partial charge on any atom is 0.243 e. The molecule has 0 bridgehead atoms. The van der Waals surface area contributed by atoms with E-state index in [1.54, 1.807) is 12.1 Å². The van der Waals surface area contributed by atoms with Gasteiger partial charge in [-0.3, -0.25) is 0 Å². The summed E-state index contributed by atoms with van der Waals surface area (Å²) in [6, 6.07) is 15.1. The maximum atomic E-state index is 12.7. The molecule has 5 nitrogen and oxygen atoms in total. The lowest BCUT2D eigenvalue weighted by molar-refractivity contribution is 0.257. The molecule has 0 unspecified atom stereocenters. The fourth-order valence-corrected chi connectivity index (χ4v) is 4.77. The first kappa shape index (κ1) is 16.3. The smallest absolute Gasteiger partial charge is 0.243 e. The van der Waals surface area contributed by atoms with Crippen LogP contribution in [0.1, 0.15) is 30.7 Å². The van der Waals surface area contributed by atoms with E-state index in [2.05, 4.69) is 16.9 Å². The van der Waals surface area contributed by atoms with E-state index < -0.39 is 10.0 Å². The van der Waals surface area contributed by atoms with Crippen molar-refractivity contribution < 1.29 is 8.42 Å². The summed E-state index contributed by atoms with van der Waals surface area (Å²) < 4.78 is 27.0. The molecule has 0 amide bonds. The van der Waals surface area contributed by atoms with Gasteiger partial charge in [0.2, 0.25) is 10.0 Å². The van der Waals surface area contributed by atoms with E-state index in [0.29, 0.717) is 18.0 Å². The number of sulfonamides is 1. The van der Waals surface area contributed by atoms with E-state index in [4.69, 9.17) is 0 Å². The second kappa shape index (κ2) is 6.28. The lowest BCUT2D eigenvalue weighted by Crippen LogP contribution is -2.48. The predicted molar refractivity (Wildman–Crippen MR) is 98.0 cm³/mol. The van der Waals surface area contributed by atoms with Crippen LogP contribution in [0.25, 0.3) is 11.0 Å². The number of H-pyrrole nitrogens is 1. The number of hydrogen-bond donors (Lipinski definition) is 1. The number of rotatable bonds is 5. The van der Waals surface area contributed by atoms with Gasteiger partial charge in [-0.2, -0.15) is 4.31 Å². The van der Waals surface area contributed by atoms with Crippen LogP contribution in [-0.2, 0) is 16.4 Å². The van der Waals surface area contributed by atoms with Gasteiger partial charge in [0.15, 0.2) is 0 Å². The molecule has 25 heavy (non-hydrogen) atoms. The Morgan fingerprint density at radius 1 is 1.12 bits per heavy atom. The Kier molecular flexibility index (Phi) is 4.09. The number of nitrogens with one attached hydrogen (secondary N) is 1. The topological polar surface area (TPSA) is 66.1 Å². The molecule has 3 aromatic rings. The van der Waals surface area contributed by atoms with Crippen LogP contribution in [0.15, 0.2) is 53.4 Å². The lowest BCUT2D eigenvalue weighted by atomic mass is 10.0. The minimum Gasteiger partial charge on any atom is -0.342 e. The zero-order chi connectivity index (χ0) is 17.4. The van der Waals surface area contributed by atoms with Crippen LogP contribution in [0, 0.1) is 0 Å². The van der Waals surface area contributed by atoms with Gasteiger partial charge in [-0.1, -0.05) is 37.6 Å². The molecule has 0 saturated carbocycles. The summed E-state index contributed by atoms with van der Waals surface area (Å²) in [5.41, 5.74) is 3.08. The van der Waals surface area contributed by atoms with Gasteiger partial charge >= 0.3 is 0 Å². The Hall–Kier alpha value is -2.18. The summed E-state index contributed by atoms with van der Waals surface area (Å²) in [5.74, 6) is 0.993. The molecule has 2 aromatic carbocycles. The molecule has 0 spiro atoms. The van der Waals surface area contributed by atoms with Crippen LogP contribution < -0.4 is 0 Å². The molecule has 1 saturated heterocycles. The summed E-state index contributed by atoms with van der Waals surface area (Å²) in [5, 5.41) is 0. The van der Waals surface area contributed by atoms with Gasteiger partial charge in [0.05, 0.1) is 15.9 Å². The van der Waals surface area contributed by atoms with Crippen LogP contribution in [-0.4, -0.2) is 35.8 Å². The third-order valence-corrected chi connectivity index (χ3v) is 6.59. The molecule has 1 N–H and O–H groups in total. The van der Waals surface area contributed by atoms with Gasteiger partial charge in [0, 0.05) is 19.0 Å². The summed E-state index contributed by atoms with van der Waals surface area (Å²) in [6.07, 6.45) is 2.02. The highest BCUT2D eigenvalue weighted by Gasteiger charge is 2.38. The quantitative estimate of drug-likeness (QED) is 0.764. The summed E-state index contributed by atoms with van der Waals surface area (Å²) in [7, 11) is -3.41. The van der Waals surface area contributed by atoms with Gasteiger partial charge in [-0.25, -0.2) is 13.4 Å². The Bertz CT molecular complexity index is 954. The molecular weight excluding hydrogens is 334 g/mol. The highest BCUT2D eigenvalue weighted by atomic mass is 32.2. The maximum absolute atomic E-state index is 12.7. The van der Waals surface area contributed by atoms with Gasteiger partial charge in [0.25, 0.3) is 0 Å². The average molecular weight is 355 g/mol. The average Bonchev–Trinajstić information content (AvgIpc) is 2.97. The van der Waals surface area contributed by atoms with Gasteiger partial charge in [-0.15, -0.1) is 0 Å². The number of aromatic nitrogens is 2. The fourth-order valence-electron chi connectivity index (χ4n) is 3.24. The third kappa shape index (κ3) is 2.96. The van der Waals surface area contributed by atoms with Crippen LogP contribution >= 0.6 is 0 Å². The highest BCUT2D eigenvalue weighted by molar-refractivity contribution is 7.89. The second-order valence-corrected chi connectivity index (χ2v) is 8.49. The first-order chi connectivity index (χ1) is 12.1. The van der Waals surface area contributed by atoms with Crippen molar-refractivity contribution in [3.8, 4) is 0 Å². The standard InChI is InChI=1S/C19H21N3O2S/c1-2-5-14-8-10-16(11-9-14)25(23,24)22-12-15(13-22)19-20-17-6-3-4-7-18(17)21-19/h3-4,6-11,15H,2,5,12-13H2,1H3,(H,20,21). The summed E-state index contributed by atoms with van der Waals surface area (Å²) in [4.78, 5) is 8.25. The van der Waals surface area contributed by atoms with Crippen LogP contribution in [0.3, 0.4) is 0 Å². The van der Waals surface area contributed by atoms with E-state index in [1.165, 1.54) is 9.87 Å². The molecule has 0 atom stereocenters. The Morgan fingerprint density at radius 3 is 2.52 bits per heavy atom. The zero-order valence-electron chi connectivity index (χ0n) is 14.1. The molecule has 0 radical (unpaired) electrons. The molecule has 1 fully saturated rings. The number of para-hydroxylation sites is 2. The van der Waals surface area contributed by atoms with Crippen molar-refractivity contribution in [3.05, 3.63) is 59.9 Å². The number of fused-ring (bicyclic) bond motifs is 1. The Balaban J connectivity index is 1.48. The molecule has 0 aliphatic carbocycles. The normalized spacial score (nSPS) is 16.2. The van der Waals surface area contributed by atoms with Crippen molar-refractivity contribution in [2.45, 2.75) is 30.6 Å². The molecule has 1 aliphatic heterocycles. The molecule has 1 aromatic heterocycles. The van der Waals surface area contributed by atoms with E-state index in [-0.39, 0.29) is 5.92 Å². The monoisotopic (exact) mass is 355 g/mol. The number of imidazole rings is 1. The van der Waals surface area contributed by atoms with Gasteiger partial charge in [0.1, 0.15) is 5.82 Å².